The van der Waals surface area contributed by atoms with Gasteiger partial charge < -0.3 is 0 Å². The van der Waals surface area contributed by atoms with Gasteiger partial charge in [-0.15, -0.1) is 11.3 Å². The van der Waals surface area contributed by atoms with E-state index in [2.05, 4.69) is 72.6 Å². The van der Waals surface area contributed by atoms with E-state index in [1.165, 1.54) is 13.8 Å². The number of hydrogen-bond acceptors (Lipinski definition) is 2. The second kappa shape index (κ2) is 5.48. The molecule has 0 aliphatic carbocycles. The van der Waals surface area contributed by atoms with Crippen molar-refractivity contribution in [1.82, 2.24) is 4.98 Å². The highest BCUT2D eigenvalue weighted by Gasteiger charge is 2.07. The van der Waals surface area contributed by atoms with Gasteiger partial charge in [0.1, 0.15) is 0 Å². The summed E-state index contributed by atoms with van der Waals surface area (Å²) in [6.07, 6.45) is 3.39. The van der Waals surface area contributed by atoms with Crippen molar-refractivity contribution in [3.8, 4) is 0 Å². The predicted octanol–water partition coefficient (Wildman–Crippen LogP) is 5.44. The van der Waals surface area contributed by atoms with Crippen LogP contribution in [0.2, 0.25) is 0 Å². The molecule has 0 radical (unpaired) electrons. The van der Waals surface area contributed by atoms with Crippen molar-refractivity contribution in [2.75, 3.05) is 0 Å². The Balaban J connectivity index is 2.26. The van der Waals surface area contributed by atoms with Crippen LogP contribution in [0.1, 0.15) is 36.8 Å². The third-order valence-electron chi connectivity index (χ3n) is 2.84. The van der Waals surface area contributed by atoms with Crippen molar-refractivity contribution in [2.45, 2.75) is 33.1 Å². The van der Waals surface area contributed by atoms with Gasteiger partial charge in [0.15, 0.2) is 0 Å². The van der Waals surface area contributed by atoms with Crippen molar-refractivity contribution >= 4 is 44.1 Å². The molecular weight excluding hydrogens is 341 g/mol. The van der Waals surface area contributed by atoms with E-state index >= 15 is 0 Å². The maximum atomic E-state index is 4.55. The number of nitrogens with zero attached hydrogens (tertiary/aromatic N) is 1. The summed E-state index contributed by atoms with van der Waals surface area (Å²) in [6.45, 7) is 6.48. The molecule has 3 heteroatoms. The van der Waals surface area contributed by atoms with Crippen molar-refractivity contribution in [2.24, 2.45) is 0 Å². The van der Waals surface area contributed by atoms with E-state index in [1.807, 2.05) is 0 Å². The fourth-order valence-corrected chi connectivity index (χ4v) is 2.90. The summed E-state index contributed by atoms with van der Waals surface area (Å²) < 4.78 is 2.65. The number of hydrogen-bond donors (Lipinski definition) is 0. The zero-order chi connectivity index (χ0) is 12.4. The number of aromatic nitrogens is 1. The maximum Gasteiger partial charge on any atom is 0.0907 e. The van der Waals surface area contributed by atoms with Crippen molar-refractivity contribution in [3.05, 3.63) is 38.4 Å². The molecule has 1 nitrogen and oxygen atoms in total. The van der Waals surface area contributed by atoms with E-state index in [-0.39, 0.29) is 0 Å². The van der Waals surface area contributed by atoms with Crippen LogP contribution in [-0.4, -0.2) is 4.98 Å². The van der Waals surface area contributed by atoms with E-state index in [1.54, 1.807) is 11.3 Å². The van der Waals surface area contributed by atoms with E-state index in [9.17, 15) is 0 Å². The first-order chi connectivity index (χ1) is 8.06. The fraction of sp³-hybridized carbons (Fsp3) is 0.357. The van der Waals surface area contributed by atoms with E-state index in [0.717, 1.165) is 16.9 Å². The molecule has 0 saturated carbocycles. The highest BCUT2D eigenvalue weighted by Crippen LogP contribution is 2.27. The minimum absolute atomic E-state index is 0.561. The molecule has 0 amide bonds. The normalized spacial score (nSPS) is 14.2. The molecule has 0 fully saturated rings. The Hall–Kier alpha value is -0.420. The number of aryl methyl sites for hydroxylation is 1. The molecular formula is C14H16INS. The third-order valence-corrected chi connectivity index (χ3v) is 4.23. The number of thiazole rings is 1. The van der Waals surface area contributed by atoms with Gasteiger partial charge in [0.05, 0.1) is 15.2 Å². The largest absolute Gasteiger partial charge is 0.242 e. The Kier molecular flexibility index (Phi) is 4.20. The minimum Gasteiger partial charge on any atom is -0.242 e. The van der Waals surface area contributed by atoms with Crippen LogP contribution in [-0.2, 0) is 0 Å². The molecule has 2 aromatic rings. The Morgan fingerprint density at radius 2 is 2.29 bits per heavy atom. The second-order valence-electron chi connectivity index (χ2n) is 4.39. The Labute approximate surface area is 120 Å². The van der Waals surface area contributed by atoms with Crippen LogP contribution < -0.4 is 0 Å². The van der Waals surface area contributed by atoms with E-state index in [0.29, 0.717) is 5.92 Å². The molecule has 0 spiro atoms. The standard InChI is InChI=1S/C14H16INS/c1-9(4-5-10(2)15)12-6-7-14-13(8-12)16-11(3)17-14/h5-9H,4H2,1-3H3/b10-5-/t9-/m0/s1. The molecule has 0 aliphatic heterocycles. The van der Waals surface area contributed by atoms with Gasteiger partial charge in [0.25, 0.3) is 0 Å². The fourth-order valence-electron chi connectivity index (χ4n) is 1.84. The number of benzene rings is 1. The number of fused-ring (bicyclic) bond motifs is 1. The lowest BCUT2D eigenvalue weighted by molar-refractivity contribution is 0.781. The van der Waals surface area contributed by atoms with Gasteiger partial charge in [-0.1, -0.05) is 19.1 Å². The summed E-state index contributed by atoms with van der Waals surface area (Å²) in [5.41, 5.74) is 2.53. The van der Waals surface area contributed by atoms with Crippen LogP contribution in [0.4, 0.5) is 0 Å². The SMILES string of the molecule is C/C(I)=C/C[C@H](C)c1ccc2sc(C)nc2c1. The van der Waals surface area contributed by atoms with E-state index in [4.69, 9.17) is 0 Å². The monoisotopic (exact) mass is 357 g/mol. The summed E-state index contributed by atoms with van der Waals surface area (Å²) in [7, 11) is 0. The predicted molar refractivity (Wildman–Crippen MR) is 85.2 cm³/mol. The molecule has 0 bridgehead atoms. The van der Waals surface area contributed by atoms with Crippen LogP contribution in [0.15, 0.2) is 27.9 Å². The molecule has 0 unspecified atom stereocenters. The van der Waals surface area contributed by atoms with Gasteiger partial charge in [0, 0.05) is 0 Å². The average Bonchev–Trinajstić information content (AvgIpc) is 2.64. The zero-order valence-corrected chi connectivity index (χ0v) is 13.3. The molecule has 1 aromatic heterocycles. The Morgan fingerprint density at radius 1 is 1.53 bits per heavy atom. The lowest BCUT2D eigenvalue weighted by atomic mass is 9.97. The Bertz CT molecular complexity index is 552. The summed E-state index contributed by atoms with van der Waals surface area (Å²) >= 11 is 4.13. The quantitative estimate of drug-likeness (QED) is 0.667. The lowest BCUT2D eigenvalue weighted by Crippen LogP contribution is -1.91. The second-order valence-corrected chi connectivity index (χ2v) is 7.32. The summed E-state index contributed by atoms with van der Waals surface area (Å²) in [4.78, 5) is 4.55. The lowest BCUT2D eigenvalue weighted by Gasteiger charge is -2.09. The summed E-state index contributed by atoms with van der Waals surface area (Å²) in [6, 6.07) is 6.67. The topological polar surface area (TPSA) is 12.9 Å². The minimum atomic E-state index is 0.561. The highest BCUT2D eigenvalue weighted by atomic mass is 127. The molecule has 0 N–H and O–H groups in total. The number of rotatable bonds is 3. The van der Waals surface area contributed by atoms with Crippen LogP contribution in [0.3, 0.4) is 0 Å². The first-order valence-corrected chi connectivity index (χ1v) is 7.65. The average molecular weight is 357 g/mol. The first kappa shape index (κ1) is 13.0. The van der Waals surface area contributed by atoms with Crippen molar-refractivity contribution in [1.29, 1.82) is 0 Å². The van der Waals surface area contributed by atoms with Crippen LogP contribution in [0.25, 0.3) is 10.2 Å². The molecule has 17 heavy (non-hydrogen) atoms. The van der Waals surface area contributed by atoms with Gasteiger partial charge in [-0.25, -0.2) is 4.98 Å². The molecule has 0 aliphatic rings. The smallest absolute Gasteiger partial charge is 0.0907 e. The highest BCUT2D eigenvalue weighted by molar-refractivity contribution is 14.1. The maximum absolute atomic E-state index is 4.55. The molecule has 1 atom stereocenters. The zero-order valence-electron chi connectivity index (χ0n) is 10.3. The van der Waals surface area contributed by atoms with Gasteiger partial charge in [-0.2, -0.15) is 0 Å². The van der Waals surface area contributed by atoms with E-state index < -0.39 is 0 Å². The van der Waals surface area contributed by atoms with Gasteiger partial charge in [-0.05, 0) is 70.1 Å². The Morgan fingerprint density at radius 3 is 3.00 bits per heavy atom. The summed E-state index contributed by atoms with van der Waals surface area (Å²) in [5, 5.41) is 1.15. The molecule has 2 rings (SSSR count). The molecule has 0 saturated heterocycles. The summed E-state index contributed by atoms with van der Waals surface area (Å²) in [5.74, 6) is 0.561. The third kappa shape index (κ3) is 3.28. The number of halogens is 1. The van der Waals surface area contributed by atoms with Gasteiger partial charge >= 0.3 is 0 Å². The molecule has 1 aromatic carbocycles. The van der Waals surface area contributed by atoms with Crippen LogP contribution in [0.5, 0.6) is 0 Å². The van der Waals surface area contributed by atoms with Gasteiger partial charge in [0.2, 0.25) is 0 Å². The van der Waals surface area contributed by atoms with Crippen LogP contribution in [0, 0.1) is 6.92 Å². The van der Waals surface area contributed by atoms with Gasteiger partial charge in [-0.3, -0.25) is 0 Å². The van der Waals surface area contributed by atoms with Crippen molar-refractivity contribution in [3.63, 3.8) is 0 Å². The molecule has 1 heterocycles. The first-order valence-electron chi connectivity index (χ1n) is 5.75. The number of allylic oxidation sites excluding steroid dienone is 2. The van der Waals surface area contributed by atoms with Crippen molar-refractivity contribution < 1.29 is 0 Å². The molecule has 90 valence electrons. The van der Waals surface area contributed by atoms with Crippen LogP contribution >= 0.6 is 33.9 Å².